The van der Waals surface area contributed by atoms with E-state index in [0.29, 0.717) is 17.3 Å². The Labute approximate surface area is 198 Å². The number of nitrogens with zero attached hydrogens (tertiary/aromatic N) is 4. The second-order valence-corrected chi connectivity index (χ2v) is 9.35. The molecule has 162 valence electrons. The molecular weight excluding hydrogens is 488 g/mol. The predicted octanol–water partition coefficient (Wildman–Crippen LogP) is 5.96. The number of carbonyl (C=O) groups is 1. The summed E-state index contributed by atoms with van der Waals surface area (Å²) in [7, 11) is 0. The van der Waals surface area contributed by atoms with Crippen LogP contribution in [0.2, 0.25) is 0 Å². The van der Waals surface area contributed by atoms with E-state index in [1.54, 1.807) is 17.5 Å². The summed E-state index contributed by atoms with van der Waals surface area (Å²) in [4.78, 5) is 27.9. The summed E-state index contributed by atoms with van der Waals surface area (Å²) >= 11 is 5.11. The summed E-state index contributed by atoms with van der Waals surface area (Å²) in [6.07, 6.45) is 5.08. The molecule has 2 aromatic heterocycles. The van der Waals surface area contributed by atoms with Gasteiger partial charge >= 0.3 is 0 Å². The van der Waals surface area contributed by atoms with Crippen molar-refractivity contribution in [1.29, 1.82) is 0 Å². The lowest BCUT2D eigenvalue weighted by molar-refractivity contribution is 0.0724. The third-order valence-electron chi connectivity index (χ3n) is 5.37. The van der Waals surface area contributed by atoms with Gasteiger partial charge in [0.05, 0.1) is 20.2 Å². The van der Waals surface area contributed by atoms with Crippen molar-refractivity contribution in [3.63, 3.8) is 0 Å². The Morgan fingerprint density at radius 2 is 1.75 bits per heavy atom. The third kappa shape index (κ3) is 4.58. The molecule has 0 aliphatic carbocycles. The second kappa shape index (κ2) is 9.22. The van der Waals surface area contributed by atoms with E-state index in [9.17, 15) is 4.79 Å². The molecule has 2 aromatic carbocycles. The number of likely N-dealkylation sites (tertiary alicyclic amines) is 1. The molecule has 7 nitrogen and oxygen atoms in total. The molecule has 4 aromatic rings. The number of hydrogen-bond acceptors (Lipinski definition) is 7. The number of benzene rings is 2. The fourth-order valence-corrected chi connectivity index (χ4v) is 4.70. The second-order valence-electron chi connectivity index (χ2n) is 7.61. The van der Waals surface area contributed by atoms with Crippen LogP contribution in [0.1, 0.15) is 29.6 Å². The number of nitrogens with one attached hydrogen (secondary N) is 2. The number of hydrogen-bond donors (Lipinski definition) is 2. The van der Waals surface area contributed by atoms with Gasteiger partial charge in [-0.3, -0.25) is 4.79 Å². The number of carbonyl (C=O) groups excluding carboxylic acids is 1. The minimum Gasteiger partial charge on any atom is -0.339 e. The van der Waals surface area contributed by atoms with Crippen molar-refractivity contribution in [3.8, 4) is 0 Å². The van der Waals surface area contributed by atoms with Gasteiger partial charge in [0, 0.05) is 36.2 Å². The Morgan fingerprint density at radius 1 is 0.969 bits per heavy atom. The van der Waals surface area contributed by atoms with Crippen LogP contribution in [0.5, 0.6) is 0 Å². The van der Waals surface area contributed by atoms with Gasteiger partial charge in [-0.25, -0.2) is 9.97 Å². The lowest BCUT2D eigenvalue weighted by Gasteiger charge is -2.26. The van der Waals surface area contributed by atoms with Crippen LogP contribution in [0.25, 0.3) is 10.2 Å². The molecule has 0 spiro atoms. The van der Waals surface area contributed by atoms with Crippen molar-refractivity contribution in [1.82, 2.24) is 19.9 Å². The van der Waals surface area contributed by atoms with E-state index in [2.05, 4.69) is 41.5 Å². The minimum atomic E-state index is 0.0977. The minimum absolute atomic E-state index is 0.0977. The van der Waals surface area contributed by atoms with E-state index in [0.717, 1.165) is 52.0 Å². The van der Waals surface area contributed by atoms with Gasteiger partial charge in [-0.1, -0.05) is 0 Å². The van der Waals surface area contributed by atoms with Gasteiger partial charge in [0.2, 0.25) is 5.95 Å². The highest BCUT2D eigenvalue weighted by atomic mass is 79.9. The Balaban J connectivity index is 1.29. The molecular formula is C23H21BrN6OS. The molecule has 1 saturated heterocycles. The van der Waals surface area contributed by atoms with Crippen molar-refractivity contribution < 1.29 is 4.79 Å². The number of fused-ring (bicyclic) bond motifs is 1. The molecule has 1 aliphatic rings. The number of halogens is 1. The molecule has 1 fully saturated rings. The maximum atomic E-state index is 12.7. The number of thiazole rings is 1. The summed E-state index contributed by atoms with van der Waals surface area (Å²) in [5, 5.41) is 6.54. The van der Waals surface area contributed by atoms with E-state index in [-0.39, 0.29) is 5.91 Å². The standard InChI is InChI=1S/C23H21BrN6OS/c24-18-13-25-23(29-21(18)27-17-8-9-19-20(12-17)32-14-26-19)28-16-6-4-15(5-7-16)22(31)30-10-2-1-3-11-30/h4-9,12-14H,1-3,10-11H2,(H2,25,27,28,29). The van der Waals surface area contributed by atoms with Crippen LogP contribution in [-0.2, 0) is 0 Å². The van der Waals surface area contributed by atoms with Gasteiger partial charge < -0.3 is 15.5 Å². The zero-order valence-electron chi connectivity index (χ0n) is 17.2. The fourth-order valence-electron chi connectivity index (χ4n) is 3.69. The first kappa shape index (κ1) is 20.8. The van der Waals surface area contributed by atoms with Crippen molar-refractivity contribution in [2.75, 3.05) is 23.7 Å². The lowest BCUT2D eigenvalue weighted by Crippen LogP contribution is -2.35. The Bertz CT molecular complexity index is 1250. The summed E-state index contributed by atoms with van der Waals surface area (Å²) in [5.74, 6) is 1.22. The topological polar surface area (TPSA) is 83.0 Å². The van der Waals surface area contributed by atoms with Crippen molar-refractivity contribution >= 4 is 66.5 Å². The van der Waals surface area contributed by atoms with E-state index in [1.807, 2.05) is 52.9 Å². The molecule has 1 amide bonds. The average Bonchev–Trinajstić information content (AvgIpc) is 3.30. The molecule has 0 unspecified atom stereocenters. The Hall–Kier alpha value is -3.04. The number of rotatable bonds is 5. The zero-order chi connectivity index (χ0) is 21.9. The quantitative estimate of drug-likeness (QED) is 0.345. The van der Waals surface area contributed by atoms with E-state index in [1.165, 1.54) is 6.42 Å². The highest BCUT2D eigenvalue weighted by Crippen LogP contribution is 2.28. The van der Waals surface area contributed by atoms with Gasteiger partial charge in [-0.2, -0.15) is 4.98 Å². The molecule has 9 heteroatoms. The first-order chi connectivity index (χ1) is 15.7. The maximum absolute atomic E-state index is 12.7. The van der Waals surface area contributed by atoms with Crippen molar-refractivity contribution in [3.05, 3.63) is 64.2 Å². The fraction of sp³-hybridized carbons (Fsp3) is 0.217. The number of aromatic nitrogens is 3. The van der Waals surface area contributed by atoms with E-state index >= 15 is 0 Å². The SMILES string of the molecule is O=C(c1ccc(Nc2ncc(Br)c(Nc3ccc4ncsc4c3)n2)cc1)N1CCCCC1. The summed E-state index contributed by atoms with van der Waals surface area (Å²) in [6, 6.07) is 13.5. The molecule has 32 heavy (non-hydrogen) atoms. The molecule has 0 saturated carbocycles. The summed E-state index contributed by atoms with van der Waals surface area (Å²) < 4.78 is 1.87. The number of amides is 1. The highest BCUT2D eigenvalue weighted by molar-refractivity contribution is 9.10. The normalized spacial score (nSPS) is 13.8. The molecule has 0 bridgehead atoms. The number of anilines is 4. The first-order valence-electron chi connectivity index (χ1n) is 10.4. The molecule has 1 aliphatic heterocycles. The van der Waals surface area contributed by atoms with Crippen molar-refractivity contribution in [2.24, 2.45) is 0 Å². The first-order valence-corrected chi connectivity index (χ1v) is 12.1. The number of piperidine rings is 1. The third-order valence-corrected chi connectivity index (χ3v) is 6.74. The maximum Gasteiger partial charge on any atom is 0.253 e. The van der Waals surface area contributed by atoms with Crippen LogP contribution >= 0.6 is 27.3 Å². The predicted molar refractivity (Wildman–Crippen MR) is 132 cm³/mol. The van der Waals surface area contributed by atoms with Crippen LogP contribution in [0, 0.1) is 0 Å². The monoisotopic (exact) mass is 508 g/mol. The van der Waals surface area contributed by atoms with E-state index < -0.39 is 0 Å². The van der Waals surface area contributed by atoms with Gasteiger partial charge in [0.25, 0.3) is 5.91 Å². The van der Waals surface area contributed by atoms with Crippen LogP contribution in [-0.4, -0.2) is 38.8 Å². The van der Waals surface area contributed by atoms with Gasteiger partial charge in [0.15, 0.2) is 0 Å². The van der Waals surface area contributed by atoms with E-state index in [4.69, 9.17) is 0 Å². The molecule has 5 rings (SSSR count). The van der Waals surface area contributed by atoms with Crippen LogP contribution in [0.3, 0.4) is 0 Å². The zero-order valence-corrected chi connectivity index (χ0v) is 19.6. The Morgan fingerprint density at radius 3 is 2.56 bits per heavy atom. The van der Waals surface area contributed by atoms with Crippen LogP contribution < -0.4 is 10.6 Å². The molecule has 2 N–H and O–H groups in total. The largest absolute Gasteiger partial charge is 0.339 e. The van der Waals surface area contributed by atoms with Crippen LogP contribution in [0.15, 0.2) is 58.6 Å². The smallest absolute Gasteiger partial charge is 0.253 e. The van der Waals surface area contributed by atoms with Crippen LogP contribution in [0.4, 0.5) is 23.1 Å². The average molecular weight is 509 g/mol. The van der Waals surface area contributed by atoms with Gasteiger partial charge in [-0.15, -0.1) is 11.3 Å². The molecule has 0 radical (unpaired) electrons. The molecule has 0 atom stereocenters. The van der Waals surface area contributed by atoms with Crippen molar-refractivity contribution in [2.45, 2.75) is 19.3 Å². The lowest BCUT2D eigenvalue weighted by atomic mass is 10.1. The van der Waals surface area contributed by atoms with Gasteiger partial charge in [-0.05, 0) is 77.7 Å². The highest BCUT2D eigenvalue weighted by Gasteiger charge is 2.18. The summed E-state index contributed by atoms with van der Waals surface area (Å²) in [5.41, 5.74) is 5.26. The van der Waals surface area contributed by atoms with Gasteiger partial charge in [0.1, 0.15) is 5.82 Å². The Kier molecular flexibility index (Phi) is 6.00. The summed E-state index contributed by atoms with van der Waals surface area (Å²) in [6.45, 7) is 1.69. The molecule has 3 heterocycles.